The Balaban J connectivity index is 0.00000210. The van der Waals surface area contributed by atoms with Crippen LogP contribution < -0.4 is 5.32 Å². The number of hydrogen-bond acceptors (Lipinski definition) is 3. The van der Waals surface area contributed by atoms with Crippen molar-refractivity contribution in [1.82, 2.24) is 10.2 Å². The lowest BCUT2D eigenvalue weighted by atomic mass is 9.90. The second-order valence-corrected chi connectivity index (χ2v) is 8.23. The maximum Gasteiger partial charge on any atom is 0.304 e. The van der Waals surface area contributed by atoms with Crippen molar-refractivity contribution >= 4 is 36.9 Å². The molecule has 0 aliphatic heterocycles. The third kappa shape index (κ3) is 7.93. The summed E-state index contributed by atoms with van der Waals surface area (Å²) in [5, 5.41) is 12.8. The number of halogens is 2. The molecule has 2 N–H and O–H groups in total. The summed E-state index contributed by atoms with van der Waals surface area (Å²) in [4.78, 5) is 13.0. The summed E-state index contributed by atoms with van der Waals surface area (Å²) in [6, 6.07) is 12.5. The minimum absolute atomic E-state index is 0. The average Bonchev–Trinajstić information content (AvgIpc) is 3.44. The van der Waals surface area contributed by atoms with Gasteiger partial charge in [0.25, 0.3) is 0 Å². The van der Waals surface area contributed by atoms with Crippen LogP contribution in [0.15, 0.2) is 35.9 Å². The molecule has 2 aliphatic rings. The number of carboxylic acid groups (broad SMARTS) is 1. The molecule has 0 radical (unpaired) electrons. The summed E-state index contributed by atoms with van der Waals surface area (Å²) in [5.41, 5.74) is 2.88. The highest BCUT2D eigenvalue weighted by Crippen LogP contribution is 2.40. The molecule has 0 aromatic heterocycles. The van der Waals surface area contributed by atoms with Gasteiger partial charge in [-0.2, -0.15) is 0 Å². The van der Waals surface area contributed by atoms with Crippen molar-refractivity contribution in [3.8, 4) is 0 Å². The Kier molecular flexibility index (Phi) is 11.3. The SMILES string of the molecule is CC/C(=C\c1ccccc1)[C@@H]1C[C@H]1N[C@H]1CC[C@H](N(C)CCC(=O)O)CC1.Cl.Cl. The van der Waals surface area contributed by atoms with Crippen LogP contribution in [0.25, 0.3) is 6.08 Å². The van der Waals surface area contributed by atoms with Gasteiger partial charge >= 0.3 is 5.97 Å². The fraction of sp³-hybridized carbons (Fsp3) is 0.609. The topological polar surface area (TPSA) is 52.6 Å². The standard InChI is InChI=1S/C23H34N2O2.2ClH/c1-3-18(15-17-7-5-4-6-8-17)21-16-22(21)24-19-9-11-20(12-10-19)25(2)14-13-23(26)27;;/h4-8,15,19-22,24H,3,9-14,16H2,1-2H3,(H,26,27);2*1H/b18-15+;;/t19-,20-,21-,22+;;/m0../s1. The molecule has 0 unspecified atom stereocenters. The van der Waals surface area contributed by atoms with E-state index < -0.39 is 5.97 Å². The molecule has 0 amide bonds. The third-order valence-corrected chi connectivity index (χ3v) is 6.27. The van der Waals surface area contributed by atoms with E-state index in [4.69, 9.17) is 5.11 Å². The van der Waals surface area contributed by atoms with Crippen LogP contribution in [0.4, 0.5) is 0 Å². The van der Waals surface area contributed by atoms with Crippen molar-refractivity contribution in [1.29, 1.82) is 0 Å². The van der Waals surface area contributed by atoms with E-state index in [0.29, 0.717) is 30.6 Å². The fourth-order valence-corrected chi connectivity index (χ4v) is 4.46. The van der Waals surface area contributed by atoms with Gasteiger partial charge in [-0.05, 0) is 57.1 Å². The zero-order valence-electron chi connectivity index (χ0n) is 17.5. The summed E-state index contributed by atoms with van der Waals surface area (Å²) in [6.45, 7) is 2.93. The molecule has 3 rings (SSSR count). The second kappa shape index (κ2) is 12.6. The summed E-state index contributed by atoms with van der Waals surface area (Å²) < 4.78 is 0. The van der Waals surface area contributed by atoms with Crippen molar-refractivity contribution in [3.05, 3.63) is 41.5 Å². The minimum atomic E-state index is -0.702. The number of hydrogen-bond donors (Lipinski definition) is 2. The third-order valence-electron chi connectivity index (χ3n) is 6.27. The molecule has 0 spiro atoms. The first-order valence-corrected chi connectivity index (χ1v) is 10.5. The molecule has 1 aromatic carbocycles. The summed E-state index contributed by atoms with van der Waals surface area (Å²) in [6.07, 6.45) is 9.76. The van der Waals surface area contributed by atoms with E-state index in [1.807, 2.05) is 0 Å². The van der Waals surface area contributed by atoms with Crippen LogP contribution in [0.3, 0.4) is 0 Å². The van der Waals surface area contributed by atoms with Crippen LogP contribution in [0.2, 0.25) is 0 Å². The summed E-state index contributed by atoms with van der Waals surface area (Å²) in [7, 11) is 2.07. The monoisotopic (exact) mass is 442 g/mol. The average molecular weight is 443 g/mol. The van der Waals surface area contributed by atoms with E-state index in [2.05, 4.69) is 60.6 Å². The molecule has 4 nitrogen and oxygen atoms in total. The van der Waals surface area contributed by atoms with Gasteiger partial charge < -0.3 is 15.3 Å². The first kappa shape index (κ1) is 26.0. The molecule has 2 fully saturated rings. The molecule has 2 aliphatic carbocycles. The smallest absolute Gasteiger partial charge is 0.304 e. The lowest BCUT2D eigenvalue weighted by Gasteiger charge is -2.35. The predicted octanol–water partition coefficient (Wildman–Crippen LogP) is 5.02. The maximum atomic E-state index is 10.8. The molecule has 164 valence electrons. The number of benzene rings is 1. The predicted molar refractivity (Wildman–Crippen MR) is 125 cm³/mol. The molecule has 2 saturated carbocycles. The number of carboxylic acids is 1. The molecular weight excluding hydrogens is 407 g/mol. The van der Waals surface area contributed by atoms with Gasteiger partial charge in [-0.3, -0.25) is 4.79 Å². The van der Waals surface area contributed by atoms with E-state index in [1.165, 1.54) is 37.7 Å². The van der Waals surface area contributed by atoms with Gasteiger partial charge in [0.15, 0.2) is 0 Å². The Labute approximate surface area is 188 Å². The quantitative estimate of drug-likeness (QED) is 0.563. The summed E-state index contributed by atoms with van der Waals surface area (Å²) >= 11 is 0. The molecule has 0 heterocycles. The van der Waals surface area contributed by atoms with Crippen molar-refractivity contribution in [2.75, 3.05) is 13.6 Å². The Bertz CT molecular complexity index is 646. The van der Waals surface area contributed by atoms with Gasteiger partial charge in [0.2, 0.25) is 0 Å². The minimum Gasteiger partial charge on any atom is -0.481 e. The first-order valence-electron chi connectivity index (χ1n) is 10.5. The summed E-state index contributed by atoms with van der Waals surface area (Å²) in [5.74, 6) is -0.00145. The first-order chi connectivity index (χ1) is 13.1. The van der Waals surface area contributed by atoms with Crippen molar-refractivity contribution in [3.63, 3.8) is 0 Å². The van der Waals surface area contributed by atoms with Crippen LogP contribution in [0.5, 0.6) is 0 Å². The van der Waals surface area contributed by atoms with Crippen LogP contribution in [-0.2, 0) is 4.79 Å². The molecule has 29 heavy (non-hydrogen) atoms. The van der Waals surface area contributed by atoms with Gasteiger partial charge in [-0.25, -0.2) is 0 Å². The highest BCUT2D eigenvalue weighted by atomic mass is 35.5. The molecular formula is C23H36Cl2N2O2. The van der Waals surface area contributed by atoms with Crippen molar-refractivity contribution < 1.29 is 9.90 Å². The zero-order valence-corrected chi connectivity index (χ0v) is 19.2. The molecule has 1 aromatic rings. The number of aliphatic carboxylic acids is 1. The lowest BCUT2D eigenvalue weighted by Crippen LogP contribution is -2.42. The Morgan fingerprint density at radius 3 is 2.41 bits per heavy atom. The van der Waals surface area contributed by atoms with Crippen LogP contribution in [0.1, 0.15) is 57.4 Å². The van der Waals surface area contributed by atoms with E-state index in [0.717, 1.165) is 6.42 Å². The molecule has 0 saturated heterocycles. The Hall–Kier alpha value is -1.07. The van der Waals surface area contributed by atoms with E-state index in [1.54, 1.807) is 5.57 Å². The zero-order chi connectivity index (χ0) is 19.2. The van der Waals surface area contributed by atoms with Crippen molar-refractivity contribution in [2.45, 2.75) is 70.0 Å². The fourth-order valence-electron chi connectivity index (χ4n) is 4.46. The Morgan fingerprint density at radius 2 is 1.83 bits per heavy atom. The van der Waals surface area contributed by atoms with Crippen molar-refractivity contribution in [2.24, 2.45) is 5.92 Å². The largest absolute Gasteiger partial charge is 0.481 e. The van der Waals surface area contributed by atoms with E-state index in [9.17, 15) is 4.79 Å². The molecule has 0 bridgehead atoms. The van der Waals surface area contributed by atoms with Gasteiger partial charge in [0.05, 0.1) is 6.42 Å². The highest BCUT2D eigenvalue weighted by molar-refractivity contribution is 5.85. The number of nitrogens with one attached hydrogen (secondary N) is 1. The van der Waals surface area contributed by atoms with E-state index in [-0.39, 0.29) is 31.2 Å². The number of carbonyl (C=O) groups is 1. The maximum absolute atomic E-state index is 10.8. The molecule has 2 atom stereocenters. The number of nitrogens with zero attached hydrogens (tertiary/aromatic N) is 1. The van der Waals surface area contributed by atoms with E-state index >= 15 is 0 Å². The van der Waals surface area contributed by atoms with Gasteiger partial charge in [-0.1, -0.05) is 48.9 Å². The molecule has 6 heteroatoms. The van der Waals surface area contributed by atoms with Gasteiger partial charge in [-0.15, -0.1) is 24.8 Å². The highest BCUT2D eigenvalue weighted by Gasteiger charge is 2.40. The normalized spacial score (nSPS) is 26.4. The van der Waals surface area contributed by atoms with Crippen LogP contribution in [-0.4, -0.2) is 47.7 Å². The van der Waals surface area contributed by atoms with Gasteiger partial charge in [0, 0.05) is 24.7 Å². The van der Waals surface area contributed by atoms with Crippen LogP contribution in [0, 0.1) is 5.92 Å². The van der Waals surface area contributed by atoms with Gasteiger partial charge in [0.1, 0.15) is 0 Å². The second-order valence-electron chi connectivity index (χ2n) is 8.23. The lowest BCUT2D eigenvalue weighted by molar-refractivity contribution is -0.137. The Morgan fingerprint density at radius 1 is 1.17 bits per heavy atom. The van der Waals surface area contributed by atoms with Crippen LogP contribution >= 0.6 is 24.8 Å². The number of rotatable bonds is 9.